The minimum Gasteiger partial charge on any atom is -0.376 e. The largest absolute Gasteiger partial charge is 0.376 e. The molecule has 0 bridgehead atoms. The molecule has 0 atom stereocenters. The van der Waals surface area contributed by atoms with Crippen molar-refractivity contribution in [2.24, 2.45) is 0 Å². The molecule has 0 saturated heterocycles. The normalized spacial score (nSPS) is 12.0. The van der Waals surface area contributed by atoms with Crippen LogP contribution in [0.4, 0.5) is 8.78 Å². The molecule has 0 aliphatic rings. The van der Waals surface area contributed by atoms with Crippen LogP contribution in [0.1, 0.15) is 0 Å². The smallest absolute Gasteiger partial charge is 0.376 e. The van der Waals surface area contributed by atoms with E-state index in [-0.39, 0.29) is 0 Å². The Bertz CT molecular complexity index is 49.4. The number of ether oxygens (including phenoxy) is 1. The summed E-state index contributed by atoms with van der Waals surface area (Å²) in [4.78, 5) is 0. The maximum absolute atomic E-state index is 11.2. The Hall–Kier alpha value is -0.220. The van der Waals surface area contributed by atoms with Crippen LogP contribution in [-0.4, -0.2) is 24.9 Å². The molecule has 0 radical (unpaired) electrons. The molecular weight excluding hydrogens is 106 g/mol. The van der Waals surface area contributed by atoms with Crippen LogP contribution in [0.25, 0.3) is 0 Å². The summed E-state index contributed by atoms with van der Waals surface area (Å²) in [6, 6.07) is 0. The van der Waals surface area contributed by atoms with E-state index < -0.39 is 12.7 Å². The lowest BCUT2D eigenvalue weighted by molar-refractivity contribution is -0.226. The first-order valence-corrected chi connectivity index (χ1v) is 1.65. The van der Waals surface area contributed by atoms with E-state index in [0.29, 0.717) is 0 Å². The van der Waals surface area contributed by atoms with E-state index in [1.807, 2.05) is 0 Å². The quantitative estimate of drug-likeness (QED) is 0.553. The van der Waals surface area contributed by atoms with Crippen molar-refractivity contribution in [3.05, 3.63) is 0 Å². The molecule has 0 aromatic rings. The van der Waals surface area contributed by atoms with Gasteiger partial charge in [-0.1, -0.05) is 0 Å². The van der Waals surface area contributed by atoms with Gasteiger partial charge in [0.15, 0.2) is 0 Å². The van der Waals surface area contributed by atoms with Crippen molar-refractivity contribution in [3.63, 3.8) is 0 Å². The summed E-state index contributed by atoms with van der Waals surface area (Å²) < 4.78 is 26.2. The fourth-order valence-electron chi connectivity index (χ4n) is 0.174. The van der Waals surface area contributed by atoms with Gasteiger partial charge in [-0.15, -0.1) is 0 Å². The molecule has 7 heavy (non-hydrogen) atoms. The third kappa shape index (κ3) is 5.78. The van der Waals surface area contributed by atoms with Crippen molar-refractivity contribution in [1.29, 1.82) is 0 Å². The second-order valence-corrected chi connectivity index (χ2v) is 1.10. The van der Waals surface area contributed by atoms with Crippen molar-refractivity contribution in [2.75, 3.05) is 13.7 Å². The molecule has 0 amide bonds. The molecule has 4 heteroatoms. The number of hydrogen-bond acceptors (Lipinski definition) is 2. The highest BCUT2D eigenvalue weighted by atomic mass is 19.3. The lowest BCUT2D eigenvalue weighted by Crippen LogP contribution is -2.20. The number of halogens is 2. The van der Waals surface area contributed by atoms with Gasteiger partial charge in [0, 0.05) is 7.11 Å². The number of rotatable bonds is 2. The lowest BCUT2D eigenvalue weighted by atomic mass is 10.7. The van der Waals surface area contributed by atoms with Crippen LogP contribution in [0.3, 0.4) is 0 Å². The van der Waals surface area contributed by atoms with Crippen molar-refractivity contribution < 1.29 is 18.6 Å². The molecule has 0 unspecified atom stereocenters. The van der Waals surface area contributed by atoms with Crippen LogP contribution >= 0.6 is 0 Å². The summed E-state index contributed by atoms with van der Waals surface area (Å²) in [5, 5.41) is 7.56. The standard InChI is InChI=1S/C3H6F2O2/c1-7-2-3(4,5)6/h6H,2H2,1H3. The zero-order valence-electron chi connectivity index (χ0n) is 3.82. The van der Waals surface area contributed by atoms with Crippen LogP contribution in [0.2, 0.25) is 0 Å². The minimum absolute atomic E-state index is 0.938. The Labute approximate surface area is 39.7 Å². The van der Waals surface area contributed by atoms with E-state index in [4.69, 9.17) is 5.11 Å². The van der Waals surface area contributed by atoms with E-state index >= 15 is 0 Å². The predicted molar refractivity (Wildman–Crippen MR) is 19.0 cm³/mol. The van der Waals surface area contributed by atoms with E-state index in [9.17, 15) is 8.78 Å². The summed E-state index contributed by atoms with van der Waals surface area (Å²) >= 11 is 0. The summed E-state index contributed by atoms with van der Waals surface area (Å²) in [7, 11) is 1.09. The average molecular weight is 112 g/mol. The van der Waals surface area contributed by atoms with Gasteiger partial charge in [0.1, 0.15) is 6.61 Å². The molecule has 2 nitrogen and oxygen atoms in total. The molecule has 1 N–H and O–H groups in total. The number of alkyl halides is 2. The predicted octanol–water partition coefficient (Wildman–Crippen LogP) is 0.218. The third-order valence-electron chi connectivity index (χ3n) is 0.318. The van der Waals surface area contributed by atoms with Gasteiger partial charge in [-0.05, 0) is 0 Å². The molecule has 0 aromatic heterocycles. The van der Waals surface area contributed by atoms with E-state index in [0.717, 1.165) is 7.11 Å². The summed E-state index contributed by atoms with van der Waals surface area (Å²) in [6.45, 7) is -0.938. The van der Waals surface area contributed by atoms with Gasteiger partial charge in [0.05, 0.1) is 0 Å². The molecule has 0 saturated carbocycles. The van der Waals surface area contributed by atoms with Gasteiger partial charge in [0.25, 0.3) is 0 Å². The van der Waals surface area contributed by atoms with Gasteiger partial charge in [0.2, 0.25) is 0 Å². The molecule has 0 aliphatic carbocycles. The fourth-order valence-corrected chi connectivity index (χ4v) is 0.174. The summed E-state index contributed by atoms with van der Waals surface area (Å²) in [5.41, 5.74) is 0. The average Bonchev–Trinajstić information content (AvgIpc) is 1.30. The lowest BCUT2D eigenvalue weighted by Gasteiger charge is -2.04. The Kier molecular flexibility index (Phi) is 2.11. The van der Waals surface area contributed by atoms with E-state index in [2.05, 4.69) is 4.74 Å². The second-order valence-electron chi connectivity index (χ2n) is 1.10. The van der Waals surface area contributed by atoms with Crippen LogP contribution < -0.4 is 0 Å². The van der Waals surface area contributed by atoms with Gasteiger partial charge in [-0.2, -0.15) is 8.78 Å². The van der Waals surface area contributed by atoms with Gasteiger partial charge >= 0.3 is 6.11 Å². The summed E-state index contributed by atoms with van der Waals surface area (Å²) in [6.07, 6.45) is -3.67. The number of hydrogen-bond donors (Lipinski definition) is 1. The summed E-state index contributed by atoms with van der Waals surface area (Å²) in [5.74, 6) is 0. The van der Waals surface area contributed by atoms with Crippen LogP contribution in [0.5, 0.6) is 0 Å². The zero-order chi connectivity index (χ0) is 5.91. The molecule has 0 aromatic carbocycles. The Balaban J connectivity index is 3.15. The first kappa shape index (κ1) is 6.78. The highest BCUT2D eigenvalue weighted by molar-refractivity contribution is 4.40. The first-order valence-electron chi connectivity index (χ1n) is 1.65. The van der Waals surface area contributed by atoms with Crippen LogP contribution in [0, 0.1) is 0 Å². The Morgan fingerprint density at radius 3 is 2.14 bits per heavy atom. The molecule has 0 aliphatic heterocycles. The molecule has 0 heterocycles. The van der Waals surface area contributed by atoms with E-state index in [1.54, 1.807) is 0 Å². The molecule has 0 fully saturated rings. The maximum Gasteiger partial charge on any atom is 0.376 e. The van der Waals surface area contributed by atoms with Gasteiger partial charge in [-0.3, -0.25) is 0 Å². The topological polar surface area (TPSA) is 29.5 Å². The third-order valence-corrected chi connectivity index (χ3v) is 0.318. The molecule has 44 valence electrons. The van der Waals surface area contributed by atoms with Crippen molar-refractivity contribution in [3.8, 4) is 0 Å². The highest BCUT2D eigenvalue weighted by Gasteiger charge is 2.22. The number of aliphatic hydroxyl groups is 1. The molecule has 0 spiro atoms. The van der Waals surface area contributed by atoms with Crippen molar-refractivity contribution in [1.82, 2.24) is 0 Å². The second kappa shape index (κ2) is 2.18. The Morgan fingerprint density at radius 2 is 2.14 bits per heavy atom. The van der Waals surface area contributed by atoms with Gasteiger partial charge < -0.3 is 9.84 Å². The first-order chi connectivity index (χ1) is 3.06. The minimum atomic E-state index is -3.67. The SMILES string of the molecule is COCC(O)(F)F. The maximum atomic E-state index is 11.2. The van der Waals surface area contributed by atoms with Crippen LogP contribution in [-0.2, 0) is 4.74 Å². The monoisotopic (exact) mass is 112 g/mol. The van der Waals surface area contributed by atoms with Crippen molar-refractivity contribution in [2.45, 2.75) is 6.11 Å². The van der Waals surface area contributed by atoms with Crippen molar-refractivity contribution >= 4 is 0 Å². The highest BCUT2D eigenvalue weighted by Crippen LogP contribution is 2.05. The van der Waals surface area contributed by atoms with Gasteiger partial charge in [-0.25, -0.2) is 0 Å². The fraction of sp³-hybridized carbons (Fsp3) is 1.00. The van der Waals surface area contributed by atoms with Crippen LogP contribution in [0.15, 0.2) is 0 Å². The Morgan fingerprint density at radius 1 is 1.71 bits per heavy atom. The zero-order valence-corrected chi connectivity index (χ0v) is 3.82. The number of methoxy groups -OCH3 is 1. The molecular formula is C3H6F2O2. The van der Waals surface area contributed by atoms with E-state index in [1.165, 1.54) is 0 Å². The molecule has 0 rings (SSSR count).